The van der Waals surface area contributed by atoms with Crippen LogP contribution in [0.2, 0.25) is 0 Å². The number of nitrogens with one attached hydrogen (secondary N) is 2. The fourth-order valence-electron chi connectivity index (χ4n) is 2.59. The maximum Gasteiger partial charge on any atom is 0.257 e. The normalized spacial score (nSPS) is 15.8. The Kier molecular flexibility index (Phi) is 5.31. The summed E-state index contributed by atoms with van der Waals surface area (Å²) in [5, 5.41) is 6.07. The Balaban J connectivity index is 1.51. The monoisotopic (exact) mass is 341 g/mol. The van der Waals surface area contributed by atoms with Crippen LogP contribution in [0.1, 0.15) is 29.3 Å². The average Bonchev–Trinajstić information content (AvgIpc) is 3.04. The standard InChI is InChI=1S/C19H23N3O3/c1-14-3-6-16(7-4-14)22-18(23)15-5-8-17(21-13-15)20-10-9-19(2)24-11-12-25-19/h3-8,13H,9-12H2,1-2H3,(H,20,21)(H,22,23). The molecule has 0 bridgehead atoms. The highest BCUT2D eigenvalue weighted by Crippen LogP contribution is 2.22. The Morgan fingerprint density at radius 2 is 1.88 bits per heavy atom. The van der Waals surface area contributed by atoms with Gasteiger partial charge in [0.2, 0.25) is 0 Å². The summed E-state index contributed by atoms with van der Waals surface area (Å²) >= 11 is 0. The maximum atomic E-state index is 12.2. The van der Waals surface area contributed by atoms with Crippen molar-refractivity contribution < 1.29 is 14.3 Å². The Morgan fingerprint density at radius 1 is 1.16 bits per heavy atom. The minimum Gasteiger partial charge on any atom is -0.370 e. The molecule has 25 heavy (non-hydrogen) atoms. The van der Waals surface area contributed by atoms with E-state index in [0.717, 1.165) is 17.7 Å². The smallest absolute Gasteiger partial charge is 0.257 e. The van der Waals surface area contributed by atoms with Gasteiger partial charge in [-0.15, -0.1) is 0 Å². The molecule has 3 rings (SSSR count). The van der Waals surface area contributed by atoms with Gasteiger partial charge in [0, 0.05) is 24.8 Å². The first kappa shape index (κ1) is 17.4. The van der Waals surface area contributed by atoms with Gasteiger partial charge >= 0.3 is 0 Å². The van der Waals surface area contributed by atoms with Crippen LogP contribution in [0.25, 0.3) is 0 Å². The third kappa shape index (κ3) is 4.78. The number of aromatic nitrogens is 1. The van der Waals surface area contributed by atoms with E-state index in [0.29, 0.717) is 31.1 Å². The topological polar surface area (TPSA) is 72.5 Å². The van der Waals surface area contributed by atoms with Crippen LogP contribution >= 0.6 is 0 Å². The fraction of sp³-hybridized carbons (Fsp3) is 0.368. The number of benzene rings is 1. The molecule has 1 aromatic heterocycles. The zero-order valence-electron chi connectivity index (χ0n) is 14.5. The van der Waals surface area contributed by atoms with Crippen molar-refractivity contribution >= 4 is 17.4 Å². The Labute approximate surface area is 147 Å². The molecule has 0 atom stereocenters. The van der Waals surface area contributed by atoms with Crippen LogP contribution in [0.5, 0.6) is 0 Å². The highest BCUT2D eigenvalue weighted by atomic mass is 16.7. The summed E-state index contributed by atoms with van der Waals surface area (Å²) in [6.07, 6.45) is 2.29. The molecule has 2 aromatic rings. The summed E-state index contributed by atoms with van der Waals surface area (Å²) in [5.41, 5.74) is 2.43. The van der Waals surface area contributed by atoms with E-state index >= 15 is 0 Å². The SMILES string of the molecule is Cc1ccc(NC(=O)c2ccc(NCCC3(C)OCCO3)nc2)cc1. The van der Waals surface area contributed by atoms with Gasteiger partial charge in [-0.2, -0.15) is 0 Å². The molecule has 0 unspecified atom stereocenters. The first-order valence-corrected chi connectivity index (χ1v) is 8.40. The number of rotatable bonds is 6. The lowest BCUT2D eigenvalue weighted by Gasteiger charge is -2.22. The van der Waals surface area contributed by atoms with Crippen molar-refractivity contribution in [2.75, 3.05) is 30.4 Å². The molecule has 6 heteroatoms. The third-order valence-electron chi connectivity index (χ3n) is 4.12. The van der Waals surface area contributed by atoms with E-state index in [2.05, 4.69) is 15.6 Å². The van der Waals surface area contributed by atoms with Crippen molar-refractivity contribution in [2.24, 2.45) is 0 Å². The Morgan fingerprint density at radius 3 is 2.52 bits per heavy atom. The van der Waals surface area contributed by atoms with Crippen LogP contribution < -0.4 is 10.6 Å². The van der Waals surface area contributed by atoms with Crippen LogP contribution in [-0.4, -0.2) is 36.4 Å². The number of amides is 1. The largest absolute Gasteiger partial charge is 0.370 e. The fourth-order valence-corrected chi connectivity index (χ4v) is 2.59. The zero-order chi connectivity index (χ0) is 17.7. The van der Waals surface area contributed by atoms with E-state index in [-0.39, 0.29) is 5.91 Å². The molecule has 1 aliphatic heterocycles. The minimum absolute atomic E-state index is 0.178. The molecular formula is C19H23N3O3. The maximum absolute atomic E-state index is 12.2. The van der Waals surface area contributed by atoms with Gasteiger partial charge in [0.25, 0.3) is 5.91 Å². The van der Waals surface area contributed by atoms with E-state index in [9.17, 15) is 4.79 Å². The average molecular weight is 341 g/mol. The summed E-state index contributed by atoms with van der Waals surface area (Å²) in [5.74, 6) is 0.0255. The summed E-state index contributed by atoms with van der Waals surface area (Å²) in [7, 11) is 0. The number of carbonyl (C=O) groups excluding carboxylic acids is 1. The van der Waals surface area contributed by atoms with Crippen LogP contribution in [-0.2, 0) is 9.47 Å². The van der Waals surface area contributed by atoms with E-state index < -0.39 is 5.79 Å². The third-order valence-corrected chi connectivity index (χ3v) is 4.12. The highest BCUT2D eigenvalue weighted by molar-refractivity contribution is 6.04. The number of carbonyl (C=O) groups is 1. The van der Waals surface area contributed by atoms with Crippen molar-refractivity contribution in [3.63, 3.8) is 0 Å². The lowest BCUT2D eigenvalue weighted by molar-refractivity contribution is -0.144. The van der Waals surface area contributed by atoms with E-state index in [1.54, 1.807) is 18.3 Å². The molecule has 1 aliphatic rings. The second kappa shape index (κ2) is 7.63. The number of aryl methyl sites for hydroxylation is 1. The Hall–Kier alpha value is -2.44. The van der Waals surface area contributed by atoms with Gasteiger partial charge in [0.15, 0.2) is 5.79 Å². The van der Waals surface area contributed by atoms with E-state index in [1.807, 2.05) is 38.1 Å². The van der Waals surface area contributed by atoms with Crippen molar-refractivity contribution in [1.82, 2.24) is 4.98 Å². The second-order valence-corrected chi connectivity index (χ2v) is 6.26. The predicted octanol–water partition coefficient (Wildman–Crippen LogP) is 3.21. The summed E-state index contributed by atoms with van der Waals surface area (Å²) in [4.78, 5) is 16.5. The molecule has 0 radical (unpaired) electrons. The predicted molar refractivity (Wildman–Crippen MR) is 96.8 cm³/mol. The summed E-state index contributed by atoms with van der Waals surface area (Å²) in [6, 6.07) is 11.2. The molecule has 0 saturated carbocycles. The van der Waals surface area contributed by atoms with Crippen LogP contribution in [0, 0.1) is 6.92 Å². The molecule has 1 amide bonds. The van der Waals surface area contributed by atoms with Gasteiger partial charge in [-0.05, 0) is 38.1 Å². The molecule has 0 spiro atoms. The molecule has 2 heterocycles. The summed E-state index contributed by atoms with van der Waals surface area (Å²) < 4.78 is 11.1. The van der Waals surface area contributed by atoms with Crippen LogP contribution in [0.15, 0.2) is 42.6 Å². The van der Waals surface area contributed by atoms with Crippen molar-refractivity contribution in [2.45, 2.75) is 26.1 Å². The number of ether oxygens (including phenoxy) is 2. The van der Waals surface area contributed by atoms with Gasteiger partial charge in [0.05, 0.1) is 18.8 Å². The number of hydrogen-bond donors (Lipinski definition) is 2. The molecule has 2 N–H and O–H groups in total. The molecule has 1 fully saturated rings. The number of pyridine rings is 1. The zero-order valence-corrected chi connectivity index (χ0v) is 14.5. The Bertz CT molecular complexity index is 708. The molecule has 0 aliphatic carbocycles. The number of hydrogen-bond acceptors (Lipinski definition) is 5. The van der Waals surface area contributed by atoms with Crippen molar-refractivity contribution in [3.8, 4) is 0 Å². The number of anilines is 2. The van der Waals surface area contributed by atoms with Crippen LogP contribution in [0.3, 0.4) is 0 Å². The lowest BCUT2D eigenvalue weighted by atomic mass is 10.2. The van der Waals surface area contributed by atoms with Crippen molar-refractivity contribution in [3.05, 3.63) is 53.7 Å². The molecule has 1 aromatic carbocycles. The van der Waals surface area contributed by atoms with E-state index in [4.69, 9.17) is 9.47 Å². The lowest BCUT2D eigenvalue weighted by Crippen LogP contribution is -2.28. The first-order valence-electron chi connectivity index (χ1n) is 8.40. The van der Waals surface area contributed by atoms with E-state index in [1.165, 1.54) is 0 Å². The van der Waals surface area contributed by atoms with Crippen LogP contribution in [0.4, 0.5) is 11.5 Å². The molecular weight excluding hydrogens is 318 g/mol. The highest BCUT2D eigenvalue weighted by Gasteiger charge is 2.30. The van der Waals surface area contributed by atoms with Crippen molar-refractivity contribution in [1.29, 1.82) is 0 Å². The second-order valence-electron chi connectivity index (χ2n) is 6.26. The quantitative estimate of drug-likeness (QED) is 0.844. The molecule has 6 nitrogen and oxygen atoms in total. The van der Waals surface area contributed by atoms with Gasteiger partial charge in [-0.3, -0.25) is 4.79 Å². The number of nitrogens with zero attached hydrogens (tertiary/aromatic N) is 1. The van der Waals surface area contributed by atoms with Gasteiger partial charge in [-0.25, -0.2) is 4.98 Å². The molecule has 132 valence electrons. The van der Waals surface area contributed by atoms with Gasteiger partial charge < -0.3 is 20.1 Å². The molecule has 1 saturated heterocycles. The van der Waals surface area contributed by atoms with Gasteiger partial charge in [-0.1, -0.05) is 17.7 Å². The summed E-state index contributed by atoms with van der Waals surface area (Å²) in [6.45, 7) is 5.90. The first-order chi connectivity index (χ1) is 12.0. The van der Waals surface area contributed by atoms with Gasteiger partial charge in [0.1, 0.15) is 5.82 Å². The minimum atomic E-state index is -0.513.